The third kappa shape index (κ3) is 4.83. The van der Waals surface area contributed by atoms with Crippen LogP contribution in [0.1, 0.15) is 25.5 Å². The molecule has 7 heteroatoms. The summed E-state index contributed by atoms with van der Waals surface area (Å²) in [6, 6.07) is 6.56. The minimum atomic E-state index is 0. The Morgan fingerprint density at radius 1 is 1.46 bits per heavy atom. The highest BCUT2D eigenvalue weighted by Crippen LogP contribution is 2.16. The van der Waals surface area contributed by atoms with Crippen LogP contribution in [-0.4, -0.2) is 52.5 Å². The molecule has 3 N–H and O–H groups in total. The number of aliphatic imine (C=N–C) groups is 1. The van der Waals surface area contributed by atoms with E-state index < -0.39 is 0 Å². The van der Waals surface area contributed by atoms with E-state index in [9.17, 15) is 0 Å². The fourth-order valence-electron chi connectivity index (χ4n) is 3.20. The van der Waals surface area contributed by atoms with Crippen molar-refractivity contribution < 1.29 is 0 Å². The zero-order valence-electron chi connectivity index (χ0n) is 14.2. The molecule has 6 nitrogen and oxygen atoms in total. The maximum atomic E-state index is 5.97. The maximum Gasteiger partial charge on any atom is 0.188 e. The molecule has 0 saturated carbocycles. The molecule has 0 aliphatic carbocycles. The lowest BCUT2D eigenvalue weighted by molar-refractivity contribution is 0.273. The molecule has 0 amide bonds. The van der Waals surface area contributed by atoms with Gasteiger partial charge in [0, 0.05) is 31.4 Å². The molecule has 3 rings (SSSR count). The number of imidazole rings is 1. The topological polar surface area (TPSA) is 71.0 Å². The lowest BCUT2D eigenvalue weighted by atomic mass is 10.2. The van der Waals surface area contributed by atoms with Crippen molar-refractivity contribution in [2.45, 2.75) is 32.2 Å². The van der Waals surface area contributed by atoms with Gasteiger partial charge in [0.1, 0.15) is 5.65 Å². The summed E-state index contributed by atoms with van der Waals surface area (Å²) in [7, 11) is 0. The van der Waals surface area contributed by atoms with E-state index in [4.69, 9.17) is 5.73 Å². The number of hydrogen-bond acceptors (Lipinski definition) is 3. The van der Waals surface area contributed by atoms with Crippen LogP contribution in [0.5, 0.6) is 0 Å². The molecule has 1 aliphatic heterocycles. The van der Waals surface area contributed by atoms with Gasteiger partial charge in [-0.05, 0) is 38.1 Å². The molecule has 2 aromatic rings. The molecule has 24 heavy (non-hydrogen) atoms. The van der Waals surface area contributed by atoms with Crippen LogP contribution in [0, 0.1) is 0 Å². The lowest BCUT2D eigenvalue weighted by Gasteiger charge is -2.20. The number of nitrogens with zero attached hydrogens (tertiary/aromatic N) is 4. The Hall–Kier alpha value is -1.35. The normalized spacial score (nSPS) is 18.7. The summed E-state index contributed by atoms with van der Waals surface area (Å²) in [4.78, 5) is 11.5. The van der Waals surface area contributed by atoms with E-state index in [1.165, 1.54) is 19.4 Å². The Labute approximate surface area is 160 Å². The van der Waals surface area contributed by atoms with Gasteiger partial charge in [0.25, 0.3) is 0 Å². The molecular weight excluding hydrogens is 415 g/mol. The summed E-state index contributed by atoms with van der Waals surface area (Å²) >= 11 is 0. The fourth-order valence-corrected chi connectivity index (χ4v) is 3.20. The second kappa shape index (κ2) is 9.22. The maximum absolute atomic E-state index is 5.97. The molecule has 1 fully saturated rings. The summed E-state index contributed by atoms with van der Waals surface area (Å²) < 4.78 is 2.03. The number of halogens is 1. The minimum Gasteiger partial charge on any atom is -0.370 e. The Bertz CT molecular complexity index is 635. The number of nitrogens with two attached hydrogens (primary N) is 1. The molecule has 0 radical (unpaired) electrons. The van der Waals surface area contributed by atoms with Gasteiger partial charge in [-0.2, -0.15) is 0 Å². The number of aromatic nitrogens is 2. The van der Waals surface area contributed by atoms with Crippen molar-refractivity contribution >= 4 is 35.6 Å². The summed E-state index contributed by atoms with van der Waals surface area (Å²) in [5.41, 5.74) is 8.01. The van der Waals surface area contributed by atoms with Crippen LogP contribution >= 0.6 is 24.0 Å². The smallest absolute Gasteiger partial charge is 0.188 e. The third-order valence-corrected chi connectivity index (χ3v) is 4.48. The summed E-state index contributed by atoms with van der Waals surface area (Å²) in [6.45, 7) is 6.04. The average molecular weight is 442 g/mol. The van der Waals surface area contributed by atoms with Crippen LogP contribution in [0.15, 0.2) is 35.6 Å². The summed E-state index contributed by atoms with van der Waals surface area (Å²) in [6.07, 6.45) is 7.40. The molecule has 1 unspecified atom stereocenters. The van der Waals surface area contributed by atoms with E-state index in [0.29, 0.717) is 12.0 Å². The molecule has 1 atom stereocenters. The fraction of sp³-hybridized carbons (Fsp3) is 0.529. The van der Waals surface area contributed by atoms with Crippen LogP contribution < -0.4 is 11.1 Å². The van der Waals surface area contributed by atoms with Crippen molar-refractivity contribution in [2.24, 2.45) is 10.7 Å². The second-order valence-electron chi connectivity index (χ2n) is 6.03. The zero-order chi connectivity index (χ0) is 16.1. The number of fused-ring (bicyclic) bond motifs is 1. The van der Waals surface area contributed by atoms with Crippen molar-refractivity contribution in [3.05, 3.63) is 36.3 Å². The van der Waals surface area contributed by atoms with Crippen LogP contribution in [0.3, 0.4) is 0 Å². The van der Waals surface area contributed by atoms with Gasteiger partial charge >= 0.3 is 0 Å². The van der Waals surface area contributed by atoms with Crippen LogP contribution in [0.4, 0.5) is 0 Å². The molecule has 2 aromatic heterocycles. The monoisotopic (exact) mass is 442 g/mol. The van der Waals surface area contributed by atoms with E-state index >= 15 is 0 Å². The number of guanidine groups is 1. The highest BCUT2D eigenvalue weighted by atomic mass is 127. The van der Waals surface area contributed by atoms with E-state index in [-0.39, 0.29) is 24.0 Å². The van der Waals surface area contributed by atoms with Gasteiger partial charge in [0.05, 0.1) is 12.2 Å². The van der Waals surface area contributed by atoms with Gasteiger partial charge in [-0.1, -0.05) is 13.0 Å². The SMILES string of the molecule is CCN1CCCC1CN=C(N)NCCc1cn2ccccc2n1.I. The number of hydrogen-bond donors (Lipinski definition) is 2. The van der Waals surface area contributed by atoms with Crippen molar-refractivity contribution in [2.75, 3.05) is 26.2 Å². The predicted molar refractivity (Wildman–Crippen MR) is 109 cm³/mol. The highest BCUT2D eigenvalue weighted by molar-refractivity contribution is 14.0. The number of likely N-dealkylation sites (N-methyl/N-ethyl adjacent to an activating group) is 1. The first-order valence-corrected chi connectivity index (χ1v) is 8.46. The van der Waals surface area contributed by atoms with Crippen molar-refractivity contribution in [3.63, 3.8) is 0 Å². The van der Waals surface area contributed by atoms with Gasteiger partial charge in [-0.3, -0.25) is 9.89 Å². The van der Waals surface area contributed by atoms with E-state index in [1.807, 2.05) is 28.8 Å². The second-order valence-corrected chi connectivity index (χ2v) is 6.03. The molecule has 1 saturated heterocycles. The highest BCUT2D eigenvalue weighted by Gasteiger charge is 2.22. The van der Waals surface area contributed by atoms with E-state index in [0.717, 1.165) is 37.4 Å². The zero-order valence-corrected chi connectivity index (χ0v) is 16.5. The number of likely N-dealkylation sites (tertiary alicyclic amines) is 1. The minimum absolute atomic E-state index is 0. The van der Waals surface area contributed by atoms with Gasteiger partial charge < -0.3 is 15.5 Å². The van der Waals surface area contributed by atoms with Crippen molar-refractivity contribution in [1.82, 2.24) is 19.6 Å². The first-order chi connectivity index (χ1) is 11.3. The van der Waals surface area contributed by atoms with Crippen molar-refractivity contribution in [1.29, 1.82) is 0 Å². The molecular formula is C17H27IN6. The van der Waals surface area contributed by atoms with Crippen molar-refractivity contribution in [3.8, 4) is 0 Å². The molecule has 132 valence electrons. The number of pyridine rings is 1. The number of rotatable bonds is 6. The van der Waals surface area contributed by atoms with Gasteiger partial charge in [-0.25, -0.2) is 4.98 Å². The largest absolute Gasteiger partial charge is 0.370 e. The first kappa shape index (κ1) is 19.0. The predicted octanol–water partition coefficient (Wildman–Crippen LogP) is 1.88. The third-order valence-electron chi connectivity index (χ3n) is 4.48. The molecule has 0 aromatic carbocycles. The van der Waals surface area contributed by atoms with Gasteiger partial charge in [0.2, 0.25) is 0 Å². The van der Waals surface area contributed by atoms with Gasteiger partial charge in [0.15, 0.2) is 5.96 Å². The Morgan fingerprint density at radius 2 is 2.33 bits per heavy atom. The first-order valence-electron chi connectivity index (χ1n) is 8.46. The number of nitrogens with one attached hydrogen (secondary N) is 1. The van der Waals surface area contributed by atoms with Crippen LogP contribution in [0.2, 0.25) is 0 Å². The van der Waals surface area contributed by atoms with Crippen LogP contribution in [0.25, 0.3) is 5.65 Å². The molecule has 0 bridgehead atoms. The van der Waals surface area contributed by atoms with Crippen LogP contribution in [-0.2, 0) is 6.42 Å². The lowest BCUT2D eigenvalue weighted by Crippen LogP contribution is -2.36. The molecule has 0 spiro atoms. The Morgan fingerprint density at radius 3 is 3.12 bits per heavy atom. The Balaban J connectivity index is 0.00000208. The Kier molecular flexibility index (Phi) is 7.29. The van der Waals surface area contributed by atoms with E-state index in [1.54, 1.807) is 0 Å². The van der Waals surface area contributed by atoms with E-state index in [2.05, 4.69) is 33.3 Å². The standard InChI is InChI=1S/C17H26N6.HI/c1-2-22-11-5-6-15(22)12-20-17(18)19-9-8-14-13-23-10-4-3-7-16(23)21-14;/h3-4,7,10,13,15H,2,5-6,8-9,11-12H2,1H3,(H3,18,19,20);1H. The summed E-state index contributed by atoms with van der Waals surface area (Å²) in [5.74, 6) is 0.539. The quantitative estimate of drug-likeness (QED) is 0.407. The summed E-state index contributed by atoms with van der Waals surface area (Å²) in [5, 5.41) is 3.19. The molecule has 1 aliphatic rings. The van der Waals surface area contributed by atoms with Gasteiger partial charge in [-0.15, -0.1) is 24.0 Å². The average Bonchev–Trinajstić information content (AvgIpc) is 3.18. The molecule has 3 heterocycles.